The van der Waals surface area contributed by atoms with Crippen LogP contribution in [-0.2, 0) is 6.42 Å². The lowest BCUT2D eigenvalue weighted by Gasteiger charge is -2.15. The SMILES string of the molecule is CC1CCc2ccc(-c3ccccc3)cc2C(N)C1. The zero-order valence-electron chi connectivity index (χ0n) is 11.5. The fraction of sp³-hybridized carbons (Fsp3) is 0.333. The van der Waals surface area contributed by atoms with E-state index in [1.54, 1.807) is 0 Å². The Kier molecular flexibility index (Phi) is 3.39. The van der Waals surface area contributed by atoms with Crippen LogP contribution in [0.15, 0.2) is 48.5 Å². The third kappa shape index (κ3) is 2.57. The number of fused-ring (bicyclic) bond motifs is 1. The van der Waals surface area contributed by atoms with Crippen molar-refractivity contribution in [2.24, 2.45) is 11.7 Å². The largest absolute Gasteiger partial charge is 0.324 e. The molecule has 0 fully saturated rings. The molecule has 2 aromatic rings. The summed E-state index contributed by atoms with van der Waals surface area (Å²) >= 11 is 0. The first-order chi connectivity index (χ1) is 9.24. The quantitative estimate of drug-likeness (QED) is 0.750. The highest BCUT2D eigenvalue weighted by Gasteiger charge is 2.19. The first kappa shape index (κ1) is 12.4. The van der Waals surface area contributed by atoms with Gasteiger partial charge >= 0.3 is 0 Å². The molecule has 2 unspecified atom stereocenters. The fourth-order valence-electron chi connectivity index (χ4n) is 3.06. The average Bonchev–Trinajstić information content (AvgIpc) is 2.59. The molecule has 0 saturated carbocycles. The molecule has 0 bridgehead atoms. The van der Waals surface area contributed by atoms with Gasteiger partial charge in [-0.25, -0.2) is 0 Å². The maximum atomic E-state index is 6.38. The fourth-order valence-corrected chi connectivity index (χ4v) is 3.06. The Morgan fingerprint density at radius 1 is 1.00 bits per heavy atom. The molecule has 2 aromatic carbocycles. The first-order valence-electron chi connectivity index (χ1n) is 7.18. The van der Waals surface area contributed by atoms with Gasteiger partial charge in [-0.2, -0.15) is 0 Å². The molecule has 0 aromatic heterocycles. The molecule has 0 radical (unpaired) electrons. The van der Waals surface area contributed by atoms with Crippen LogP contribution in [0.5, 0.6) is 0 Å². The second kappa shape index (κ2) is 5.18. The van der Waals surface area contributed by atoms with Crippen LogP contribution in [0.4, 0.5) is 0 Å². The summed E-state index contributed by atoms with van der Waals surface area (Å²) in [7, 11) is 0. The standard InChI is InChI=1S/C18H21N/c1-13-7-8-15-9-10-16(12-17(15)18(19)11-13)14-5-3-2-4-6-14/h2-6,9-10,12-13,18H,7-8,11,19H2,1H3. The summed E-state index contributed by atoms with van der Waals surface area (Å²) in [6.45, 7) is 2.31. The minimum Gasteiger partial charge on any atom is -0.324 e. The van der Waals surface area contributed by atoms with E-state index in [1.807, 2.05) is 0 Å². The van der Waals surface area contributed by atoms with Crippen LogP contribution in [0.1, 0.15) is 36.9 Å². The van der Waals surface area contributed by atoms with Crippen molar-refractivity contribution in [3.63, 3.8) is 0 Å². The van der Waals surface area contributed by atoms with Crippen molar-refractivity contribution in [1.29, 1.82) is 0 Å². The van der Waals surface area contributed by atoms with Crippen molar-refractivity contribution in [2.45, 2.75) is 32.2 Å². The van der Waals surface area contributed by atoms with Crippen LogP contribution in [-0.4, -0.2) is 0 Å². The number of aryl methyl sites for hydroxylation is 1. The predicted molar refractivity (Wildman–Crippen MR) is 80.9 cm³/mol. The molecule has 1 nitrogen and oxygen atoms in total. The van der Waals surface area contributed by atoms with Crippen molar-refractivity contribution in [2.75, 3.05) is 0 Å². The molecule has 98 valence electrons. The summed E-state index contributed by atoms with van der Waals surface area (Å²) in [6, 6.07) is 17.5. The molecule has 0 amide bonds. The third-order valence-corrected chi connectivity index (χ3v) is 4.22. The van der Waals surface area contributed by atoms with E-state index in [9.17, 15) is 0 Å². The topological polar surface area (TPSA) is 26.0 Å². The van der Waals surface area contributed by atoms with E-state index >= 15 is 0 Å². The van der Waals surface area contributed by atoms with E-state index in [4.69, 9.17) is 5.73 Å². The molecule has 0 saturated heterocycles. The molecule has 19 heavy (non-hydrogen) atoms. The van der Waals surface area contributed by atoms with Gasteiger partial charge in [-0.15, -0.1) is 0 Å². The molecule has 1 aliphatic rings. The number of benzene rings is 2. The van der Waals surface area contributed by atoms with Crippen LogP contribution < -0.4 is 5.73 Å². The number of hydrogen-bond acceptors (Lipinski definition) is 1. The van der Waals surface area contributed by atoms with E-state index in [2.05, 4.69) is 55.5 Å². The molecule has 1 heteroatoms. The van der Waals surface area contributed by atoms with Gasteiger partial charge in [0.25, 0.3) is 0 Å². The van der Waals surface area contributed by atoms with Gasteiger partial charge in [-0.05, 0) is 53.5 Å². The molecular formula is C18H21N. The lowest BCUT2D eigenvalue weighted by Crippen LogP contribution is -2.12. The van der Waals surface area contributed by atoms with Gasteiger partial charge in [0.05, 0.1) is 0 Å². The van der Waals surface area contributed by atoms with Gasteiger partial charge in [0.1, 0.15) is 0 Å². The number of nitrogens with two attached hydrogens (primary N) is 1. The van der Waals surface area contributed by atoms with Gasteiger partial charge in [0.2, 0.25) is 0 Å². The van der Waals surface area contributed by atoms with E-state index in [0.29, 0.717) is 0 Å². The minimum absolute atomic E-state index is 0.191. The molecule has 0 aliphatic heterocycles. The minimum atomic E-state index is 0.191. The Balaban J connectivity index is 2.02. The Morgan fingerprint density at radius 2 is 1.79 bits per heavy atom. The van der Waals surface area contributed by atoms with Crippen molar-refractivity contribution in [3.05, 3.63) is 59.7 Å². The van der Waals surface area contributed by atoms with Gasteiger partial charge in [0.15, 0.2) is 0 Å². The highest BCUT2D eigenvalue weighted by atomic mass is 14.6. The molecule has 0 spiro atoms. The zero-order chi connectivity index (χ0) is 13.2. The van der Waals surface area contributed by atoms with E-state index < -0.39 is 0 Å². The Labute approximate surface area is 115 Å². The Bertz CT molecular complexity index is 559. The molecule has 2 atom stereocenters. The third-order valence-electron chi connectivity index (χ3n) is 4.22. The van der Waals surface area contributed by atoms with Crippen molar-refractivity contribution in [3.8, 4) is 11.1 Å². The zero-order valence-corrected chi connectivity index (χ0v) is 11.5. The van der Waals surface area contributed by atoms with E-state index in [1.165, 1.54) is 35.1 Å². The van der Waals surface area contributed by atoms with Crippen molar-refractivity contribution >= 4 is 0 Å². The lowest BCUT2D eigenvalue weighted by atomic mass is 9.94. The maximum Gasteiger partial charge on any atom is 0.0300 e. The van der Waals surface area contributed by atoms with Gasteiger partial charge < -0.3 is 5.73 Å². The second-order valence-electron chi connectivity index (χ2n) is 5.77. The molecule has 1 aliphatic carbocycles. The van der Waals surface area contributed by atoms with Gasteiger partial charge in [-0.3, -0.25) is 0 Å². The summed E-state index contributed by atoms with van der Waals surface area (Å²) in [5.41, 5.74) is 11.7. The van der Waals surface area contributed by atoms with Crippen LogP contribution in [0.2, 0.25) is 0 Å². The van der Waals surface area contributed by atoms with Crippen LogP contribution >= 0.6 is 0 Å². The smallest absolute Gasteiger partial charge is 0.0300 e. The number of rotatable bonds is 1. The summed E-state index contributed by atoms with van der Waals surface area (Å²) < 4.78 is 0. The van der Waals surface area contributed by atoms with Crippen LogP contribution in [0.25, 0.3) is 11.1 Å². The van der Waals surface area contributed by atoms with Gasteiger partial charge in [-0.1, -0.05) is 49.4 Å². The average molecular weight is 251 g/mol. The summed E-state index contributed by atoms with van der Waals surface area (Å²) in [4.78, 5) is 0. The van der Waals surface area contributed by atoms with E-state index in [-0.39, 0.29) is 6.04 Å². The number of hydrogen-bond donors (Lipinski definition) is 1. The highest BCUT2D eigenvalue weighted by molar-refractivity contribution is 5.65. The maximum absolute atomic E-state index is 6.38. The van der Waals surface area contributed by atoms with Crippen molar-refractivity contribution < 1.29 is 0 Å². The monoisotopic (exact) mass is 251 g/mol. The van der Waals surface area contributed by atoms with Gasteiger partial charge in [0, 0.05) is 6.04 Å². The summed E-state index contributed by atoms with van der Waals surface area (Å²) in [5.74, 6) is 0.725. The predicted octanol–water partition coefficient (Wildman–Crippen LogP) is 4.33. The second-order valence-corrected chi connectivity index (χ2v) is 5.77. The molecule has 0 heterocycles. The highest BCUT2D eigenvalue weighted by Crippen LogP contribution is 2.33. The molecule has 3 rings (SSSR count). The normalized spacial score (nSPS) is 22.6. The summed E-state index contributed by atoms with van der Waals surface area (Å²) in [5, 5.41) is 0. The Morgan fingerprint density at radius 3 is 2.58 bits per heavy atom. The first-order valence-corrected chi connectivity index (χ1v) is 7.18. The van der Waals surface area contributed by atoms with Crippen LogP contribution in [0, 0.1) is 5.92 Å². The van der Waals surface area contributed by atoms with Crippen LogP contribution in [0.3, 0.4) is 0 Å². The molecular weight excluding hydrogens is 230 g/mol. The summed E-state index contributed by atoms with van der Waals surface area (Å²) in [6.07, 6.45) is 3.52. The lowest BCUT2D eigenvalue weighted by molar-refractivity contribution is 0.464. The molecule has 2 N–H and O–H groups in total. The van der Waals surface area contributed by atoms with Crippen molar-refractivity contribution in [1.82, 2.24) is 0 Å². The van der Waals surface area contributed by atoms with E-state index in [0.717, 1.165) is 12.3 Å². The Hall–Kier alpha value is -1.60.